The number of carbonyl (C=O) groups is 1. The first-order chi connectivity index (χ1) is 8.06. The van der Waals surface area contributed by atoms with E-state index in [4.69, 9.17) is 0 Å². The van der Waals surface area contributed by atoms with Crippen LogP contribution in [0.4, 0.5) is 0 Å². The molecule has 2 N–H and O–H groups in total. The van der Waals surface area contributed by atoms with Crippen molar-refractivity contribution in [1.82, 2.24) is 10.0 Å². The number of amides is 1. The lowest BCUT2D eigenvalue weighted by atomic mass is 10.3. The van der Waals surface area contributed by atoms with Gasteiger partial charge < -0.3 is 5.32 Å². The standard InChI is InChI=1S/C10H16N2O3S2/c1-2-3-6-11-9(13)8-12-17(14,15)10-5-4-7-16-10/h4-5,7,12H,2-3,6,8H2,1H3,(H,11,13). The van der Waals surface area contributed by atoms with Crippen LogP contribution in [0, 0.1) is 0 Å². The van der Waals surface area contributed by atoms with Crippen molar-refractivity contribution in [3.8, 4) is 0 Å². The van der Waals surface area contributed by atoms with Crippen LogP contribution in [0.25, 0.3) is 0 Å². The Hall–Kier alpha value is -0.920. The summed E-state index contributed by atoms with van der Waals surface area (Å²) >= 11 is 1.12. The molecule has 5 nitrogen and oxygen atoms in total. The molecule has 17 heavy (non-hydrogen) atoms. The smallest absolute Gasteiger partial charge is 0.250 e. The van der Waals surface area contributed by atoms with Crippen molar-refractivity contribution in [2.24, 2.45) is 0 Å². The Labute approximate surface area is 105 Å². The molecular weight excluding hydrogens is 260 g/mol. The fourth-order valence-corrected chi connectivity index (χ4v) is 3.13. The molecule has 0 atom stereocenters. The minimum Gasteiger partial charge on any atom is -0.355 e. The molecule has 0 aliphatic rings. The molecule has 0 saturated heterocycles. The van der Waals surface area contributed by atoms with Gasteiger partial charge in [0.15, 0.2) is 0 Å². The van der Waals surface area contributed by atoms with Gasteiger partial charge in [0, 0.05) is 6.54 Å². The topological polar surface area (TPSA) is 75.3 Å². The second kappa shape index (κ2) is 6.73. The molecule has 0 radical (unpaired) electrons. The highest BCUT2D eigenvalue weighted by atomic mass is 32.2. The largest absolute Gasteiger partial charge is 0.355 e. The summed E-state index contributed by atoms with van der Waals surface area (Å²) in [5.74, 6) is -0.307. The van der Waals surface area contributed by atoms with E-state index in [0.29, 0.717) is 6.54 Å². The van der Waals surface area contributed by atoms with Crippen LogP contribution in [0.2, 0.25) is 0 Å². The van der Waals surface area contributed by atoms with Crippen molar-refractivity contribution in [3.63, 3.8) is 0 Å². The van der Waals surface area contributed by atoms with Crippen molar-refractivity contribution in [1.29, 1.82) is 0 Å². The van der Waals surface area contributed by atoms with Crippen molar-refractivity contribution >= 4 is 27.3 Å². The maximum atomic E-state index is 11.6. The van der Waals surface area contributed by atoms with E-state index < -0.39 is 10.0 Å². The minimum absolute atomic E-state index is 0.218. The van der Waals surface area contributed by atoms with Gasteiger partial charge in [0.25, 0.3) is 10.0 Å². The maximum Gasteiger partial charge on any atom is 0.250 e. The van der Waals surface area contributed by atoms with E-state index in [1.807, 2.05) is 6.92 Å². The predicted molar refractivity (Wildman–Crippen MR) is 67.4 cm³/mol. The number of hydrogen-bond acceptors (Lipinski definition) is 4. The van der Waals surface area contributed by atoms with Crippen LogP contribution in [0.1, 0.15) is 19.8 Å². The zero-order chi connectivity index (χ0) is 12.7. The predicted octanol–water partition coefficient (Wildman–Crippen LogP) is 0.943. The summed E-state index contributed by atoms with van der Waals surface area (Å²) in [5, 5.41) is 4.32. The Bertz CT molecular complexity index is 440. The van der Waals surface area contributed by atoms with Crippen molar-refractivity contribution in [2.45, 2.75) is 24.0 Å². The van der Waals surface area contributed by atoms with Gasteiger partial charge in [0.2, 0.25) is 5.91 Å². The Kier molecular flexibility index (Phi) is 5.60. The Balaban J connectivity index is 2.38. The van der Waals surface area contributed by atoms with Gasteiger partial charge >= 0.3 is 0 Å². The van der Waals surface area contributed by atoms with Gasteiger partial charge in [-0.05, 0) is 17.9 Å². The van der Waals surface area contributed by atoms with E-state index >= 15 is 0 Å². The van der Waals surface area contributed by atoms with Crippen molar-refractivity contribution < 1.29 is 13.2 Å². The fraction of sp³-hybridized carbons (Fsp3) is 0.500. The molecular formula is C10H16N2O3S2. The summed E-state index contributed by atoms with van der Waals surface area (Å²) in [6.45, 7) is 2.38. The molecule has 0 fully saturated rings. The molecule has 7 heteroatoms. The van der Waals surface area contributed by atoms with Crippen LogP contribution in [-0.4, -0.2) is 27.4 Å². The van der Waals surface area contributed by atoms with Gasteiger partial charge in [-0.1, -0.05) is 19.4 Å². The highest BCUT2D eigenvalue weighted by Gasteiger charge is 2.15. The van der Waals surface area contributed by atoms with Crippen LogP contribution in [0.3, 0.4) is 0 Å². The molecule has 1 aromatic heterocycles. The molecule has 0 unspecified atom stereocenters. The molecule has 0 aromatic carbocycles. The molecule has 0 bridgehead atoms. The third kappa shape index (κ3) is 4.84. The molecule has 1 amide bonds. The third-order valence-corrected chi connectivity index (χ3v) is 4.83. The SMILES string of the molecule is CCCCNC(=O)CNS(=O)(=O)c1cccs1. The van der Waals surface area contributed by atoms with Gasteiger partial charge in [-0.3, -0.25) is 4.79 Å². The average molecular weight is 276 g/mol. The lowest BCUT2D eigenvalue weighted by molar-refractivity contribution is -0.119. The molecule has 96 valence electrons. The fourth-order valence-electron chi connectivity index (χ4n) is 1.12. The zero-order valence-corrected chi connectivity index (χ0v) is 11.2. The summed E-state index contributed by atoms with van der Waals surface area (Å²) in [7, 11) is -3.53. The average Bonchev–Trinajstić information content (AvgIpc) is 2.81. The first-order valence-corrected chi connectivity index (χ1v) is 7.72. The van der Waals surface area contributed by atoms with E-state index in [-0.39, 0.29) is 16.7 Å². The Morgan fingerprint density at radius 3 is 2.82 bits per heavy atom. The lowest BCUT2D eigenvalue weighted by Gasteiger charge is -2.05. The first-order valence-electron chi connectivity index (χ1n) is 5.36. The maximum absolute atomic E-state index is 11.6. The molecule has 0 spiro atoms. The van der Waals surface area contributed by atoms with E-state index in [1.54, 1.807) is 11.4 Å². The number of rotatable bonds is 7. The quantitative estimate of drug-likeness (QED) is 0.728. The molecule has 1 aromatic rings. The van der Waals surface area contributed by atoms with E-state index in [1.165, 1.54) is 6.07 Å². The minimum atomic E-state index is -3.53. The normalized spacial score (nSPS) is 11.4. The van der Waals surface area contributed by atoms with Gasteiger partial charge in [0.05, 0.1) is 6.54 Å². The second-order valence-electron chi connectivity index (χ2n) is 3.46. The monoisotopic (exact) mass is 276 g/mol. The number of sulfonamides is 1. The Morgan fingerprint density at radius 2 is 2.24 bits per heavy atom. The van der Waals surface area contributed by atoms with Gasteiger partial charge in [-0.2, -0.15) is 0 Å². The van der Waals surface area contributed by atoms with Crippen LogP contribution in [0.5, 0.6) is 0 Å². The number of carbonyl (C=O) groups excluding carboxylic acids is 1. The van der Waals surface area contributed by atoms with Gasteiger partial charge in [-0.15, -0.1) is 11.3 Å². The van der Waals surface area contributed by atoms with Crippen LogP contribution >= 0.6 is 11.3 Å². The highest BCUT2D eigenvalue weighted by Crippen LogP contribution is 2.14. The second-order valence-corrected chi connectivity index (χ2v) is 6.40. The van der Waals surface area contributed by atoms with E-state index in [2.05, 4.69) is 10.0 Å². The molecule has 0 aliphatic heterocycles. The summed E-state index contributed by atoms with van der Waals surface area (Å²) < 4.78 is 25.8. The summed E-state index contributed by atoms with van der Waals surface area (Å²) in [5.41, 5.74) is 0. The Morgan fingerprint density at radius 1 is 1.47 bits per heavy atom. The molecule has 1 rings (SSSR count). The summed E-state index contributed by atoms with van der Waals surface area (Å²) in [4.78, 5) is 11.3. The van der Waals surface area contributed by atoms with Gasteiger partial charge in [0.1, 0.15) is 4.21 Å². The number of nitrogens with one attached hydrogen (secondary N) is 2. The number of hydrogen-bond donors (Lipinski definition) is 2. The van der Waals surface area contributed by atoms with E-state index in [9.17, 15) is 13.2 Å². The molecule has 0 aliphatic carbocycles. The highest BCUT2D eigenvalue weighted by molar-refractivity contribution is 7.91. The zero-order valence-electron chi connectivity index (χ0n) is 9.60. The van der Waals surface area contributed by atoms with Crippen LogP contribution < -0.4 is 10.0 Å². The number of thiophene rings is 1. The number of unbranched alkanes of at least 4 members (excludes halogenated alkanes) is 1. The van der Waals surface area contributed by atoms with Crippen LogP contribution in [0.15, 0.2) is 21.7 Å². The first kappa shape index (κ1) is 14.1. The van der Waals surface area contributed by atoms with Crippen molar-refractivity contribution in [2.75, 3.05) is 13.1 Å². The summed E-state index contributed by atoms with van der Waals surface area (Å²) in [6, 6.07) is 3.16. The molecule has 1 heterocycles. The molecule has 0 saturated carbocycles. The van der Waals surface area contributed by atoms with Crippen molar-refractivity contribution in [3.05, 3.63) is 17.5 Å². The van der Waals surface area contributed by atoms with Gasteiger partial charge in [-0.25, -0.2) is 13.1 Å². The lowest BCUT2D eigenvalue weighted by Crippen LogP contribution is -2.37. The van der Waals surface area contributed by atoms with E-state index in [0.717, 1.165) is 24.2 Å². The van der Waals surface area contributed by atoms with Crippen LogP contribution in [-0.2, 0) is 14.8 Å². The third-order valence-electron chi connectivity index (χ3n) is 2.04. The summed E-state index contributed by atoms with van der Waals surface area (Å²) in [6.07, 6.45) is 1.88.